The molecule has 2 unspecified atom stereocenters. The summed E-state index contributed by atoms with van der Waals surface area (Å²) < 4.78 is 0. The molecule has 3 aromatic rings. The highest BCUT2D eigenvalue weighted by atomic mass is 35.5. The van der Waals surface area contributed by atoms with E-state index in [2.05, 4.69) is 34.7 Å². The molecule has 0 spiro atoms. The topological polar surface area (TPSA) is 87.5 Å². The summed E-state index contributed by atoms with van der Waals surface area (Å²) in [7, 11) is 2.05. The van der Waals surface area contributed by atoms with Crippen LogP contribution >= 0.6 is 11.6 Å². The Morgan fingerprint density at radius 2 is 1.70 bits per heavy atom. The Morgan fingerprint density at radius 1 is 0.946 bits per heavy atom. The molecule has 0 bridgehead atoms. The Labute approximate surface area is 224 Å². The molecule has 2 amide bonds. The van der Waals surface area contributed by atoms with Crippen molar-refractivity contribution in [2.75, 3.05) is 18.9 Å². The van der Waals surface area contributed by atoms with E-state index in [-0.39, 0.29) is 23.9 Å². The number of anilines is 1. The largest absolute Gasteiger partial charge is 0.348 e. The van der Waals surface area contributed by atoms with Crippen LogP contribution in [0, 0.1) is 0 Å². The maximum absolute atomic E-state index is 13.1. The molecule has 194 valence electrons. The van der Waals surface area contributed by atoms with E-state index in [0.717, 1.165) is 44.2 Å². The molecule has 2 atom stereocenters. The van der Waals surface area contributed by atoms with E-state index in [9.17, 15) is 9.59 Å². The average Bonchev–Trinajstić information content (AvgIpc) is 2.90. The maximum atomic E-state index is 13.1. The van der Waals surface area contributed by atoms with Gasteiger partial charge in [-0.05, 0) is 67.8 Å². The summed E-state index contributed by atoms with van der Waals surface area (Å²) in [6, 6.07) is 22.6. The van der Waals surface area contributed by atoms with Crippen LogP contribution in [0.25, 0.3) is 0 Å². The quantitative estimate of drug-likeness (QED) is 0.360. The van der Waals surface area contributed by atoms with Gasteiger partial charge in [-0.3, -0.25) is 9.59 Å². The zero-order chi connectivity index (χ0) is 26.2. The van der Waals surface area contributed by atoms with Gasteiger partial charge in [0.1, 0.15) is 0 Å². The van der Waals surface area contributed by atoms with E-state index < -0.39 is 0 Å². The highest BCUT2D eigenvalue weighted by molar-refractivity contribution is 6.31. The van der Waals surface area contributed by atoms with Gasteiger partial charge in [0.15, 0.2) is 0 Å². The van der Waals surface area contributed by atoms with Crippen LogP contribution in [0.3, 0.4) is 0 Å². The predicted octanol–water partition coefficient (Wildman–Crippen LogP) is 5.27. The molecular formula is C30H35ClN4O2. The normalized spacial score (nSPS) is 17.4. The van der Waals surface area contributed by atoms with Crippen LogP contribution in [0.15, 0.2) is 72.8 Å². The number of nitrogens with one attached hydrogen (secondary N) is 2. The molecule has 1 aliphatic carbocycles. The van der Waals surface area contributed by atoms with Crippen LogP contribution in [0.1, 0.15) is 57.5 Å². The molecule has 0 saturated heterocycles. The van der Waals surface area contributed by atoms with Gasteiger partial charge in [-0.2, -0.15) is 0 Å². The summed E-state index contributed by atoms with van der Waals surface area (Å²) in [6.07, 6.45) is 4.88. The fourth-order valence-electron chi connectivity index (χ4n) is 4.72. The number of rotatable bonds is 9. The zero-order valence-corrected chi connectivity index (χ0v) is 22.0. The van der Waals surface area contributed by atoms with Crippen molar-refractivity contribution in [2.45, 2.75) is 50.7 Å². The molecule has 1 fully saturated rings. The fraction of sp³-hybridized carbons (Fsp3) is 0.333. The van der Waals surface area contributed by atoms with Gasteiger partial charge < -0.3 is 21.3 Å². The van der Waals surface area contributed by atoms with E-state index in [4.69, 9.17) is 17.3 Å². The molecule has 4 rings (SSSR count). The third-order valence-electron chi connectivity index (χ3n) is 6.91. The highest BCUT2D eigenvalue weighted by Crippen LogP contribution is 2.23. The lowest BCUT2D eigenvalue weighted by Gasteiger charge is -2.29. The lowest BCUT2D eigenvalue weighted by molar-refractivity contribution is 0.0920. The first-order chi connectivity index (χ1) is 17.9. The molecule has 0 aromatic heterocycles. The van der Waals surface area contributed by atoms with Crippen molar-refractivity contribution in [3.63, 3.8) is 0 Å². The molecule has 4 N–H and O–H groups in total. The van der Waals surface area contributed by atoms with E-state index in [1.165, 1.54) is 5.56 Å². The van der Waals surface area contributed by atoms with Gasteiger partial charge in [0, 0.05) is 47.0 Å². The summed E-state index contributed by atoms with van der Waals surface area (Å²) >= 11 is 6.10. The van der Waals surface area contributed by atoms with Gasteiger partial charge in [0.05, 0.1) is 0 Å². The van der Waals surface area contributed by atoms with E-state index >= 15 is 0 Å². The van der Waals surface area contributed by atoms with Crippen molar-refractivity contribution in [1.82, 2.24) is 10.2 Å². The summed E-state index contributed by atoms with van der Waals surface area (Å²) in [4.78, 5) is 28.4. The van der Waals surface area contributed by atoms with Crippen molar-refractivity contribution in [2.24, 2.45) is 5.73 Å². The Kier molecular flexibility index (Phi) is 9.34. The van der Waals surface area contributed by atoms with Crippen LogP contribution < -0.4 is 16.4 Å². The second kappa shape index (κ2) is 12.9. The monoisotopic (exact) mass is 518 g/mol. The molecule has 7 heteroatoms. The van der Waals surface area contributed by atoms with Crippen LogP contribution in [0.5, 0.6) is 0 Å². The number of nitrogens with two attached hydrogens (primary N) is 1. The molecule has 3 aromatic carbocycles. The van der Waals surface area contributed by atoms with Crippen LogP contribution in [0.2, 0.25) is 5.02 Å². The van der Waals surface area contributed by atoms with Gasteiger partial charge in [-0.25, -0.2) is 0 Å². The minimum absolute atomic E-state index is 0.0303. The summed E-state index contributed by atoms with van der Waals surface area (Å²) in [5.41, 5.74) is 10.0. The SMILES string of the molecule is CN(CCc1ccccc1)Cc1ccc(C(=O)NC2CCCCC2N)cc1NC(=O)c1cccc(Cl)c1. The minimum Gasteiger partial charge on any atom is -0.348 e. The zero-order valence-electron chi connectivity index (χ0n) is 21.3. The average molecular weight is 519 g/mol. The highest BCUT2D eigenvalue weighted by Gasteiger charge is 2.24. The number of amides is 2. The molecule has 37 heavy (non-hydrogen) atoms. The standard InChI is InChI=1S/C30H35ClN4O2/c1-35(17-16-21-8-3-2-4-9-21)20-24-15-14-23(30(37)33-27-13-6-5-12-26(27)32)19-28(24)34-29(36)22-10-7-11-25(31)18-22/h2-4,7-11,14-15,18-19,26-27H,5-6,12-13,16-17,20,32H2,1H3,(H,33,37)(H,34,36). The van der Waals surface area contributed by atoms with E-state index in [0.29, 0.717) is 28.4 Å². The number of benzene rings is 3. The number of nitrogens with zero attached hydrogens (tertiary/aromatic N) is 1. The number of halogens is 1. The lowest BCUT2D eigenvalue weighted by atomic mass is 9.91. The smallest absolute Gasteiger partial charge is 0.255 e. The fourth-order valence-corrected chi connectivity index (χ4v) is 4.91. The number of likely N-dealkylation sites (N-methyl/N-ethyl adjacent to an activating group) is 1. The third-order valence-corrected chi connectivity index (χ3v) is 7.14. The summed E-state index contributed by atoms with van der Waals surface area (Å²) in [5.74, 6) is -0.452. The van der Waals surface area contributed by atoms with Crippen molar-refractivity contribution >= 4 is 29.1 Å². The number of carbonyl (C=O) groups excluding carboxylic acids is 2. The van der Waals surface area contributed by atoms with Crippen LogP contribution in [-0.4, -0.2) is 42.4 Å². The Bertz CT molecular complexity index is 1220. The van der Waals surface area contributed by atoms with Crippen molar-refractivity contribution in [1.29, 1.82) is 0 Å². The van der Waals surface area contributed by atoms with E-state index in [1.54, 1.807) is 30.3 Å². The molecular weight excluding hydrogens is 484 g/mol. The van der Waals surface area contributed by atoms with Gasteiger partial charge >= 0.3 is 0 Å². The molecule has 1 aliphatic rings. The van der Waals surface area contributed by atoms with E-state index in [1.807, 2.05) is 30.3 Å². The number of hydrogen-bond donors (Lipinski definition) is 3. The Morgan fingerprint density at radius 3 is 2.46 bits per heavy atom. The molecule has 0 aliphatic heterocycles. The maximum Gasteiger partial charge on any atom is 0.255 e. The number of hydrogen-bond acceptors (Lipinski definition) is 4. The molecule has 0 heterocycles. The van der Waals surface area contributed by atoms with Gasteiger partial charge in [0.2, 0.25) is 0 Å². The first-order valence-electron chi connectivity index (χ1n) is 12.9. The summed E-state index contributed by atoms with van der Waals surface area (Å²) in [5, 5.41) is 6.60. The minimum atomic E-state index is -0.275. The first-order valence-corrected chi connectivity index (χ1v) is 13.3. The third kappa shape index (κ3) is 7.65. The first kappa shape index (κ1) is 26.9. The Balaban J connectivity index is 1.52. The predicted molar refractivity (Wildman–Crippen MR) is 150 cm³/mol. The second-order valence-electron chi connectivity index (χ2n) is 9.84. The van der Waals surface area contributed by atoms with Gasteiger partial charge in [-0.15, -0.1) is 0 Å². The van der Waals surface area contributed by atoms with Crippen molar-refractivity contribution < 1.29 is 9.59 Å². The molecule has 6 nitrogen and oxygen atoms in total. The second-order valence-corrected chi connectivity index (χ2v) is 10.3. The lowest BCUT2D eigenvalue weighted by Crippen LogP contribution is -2.49. The van der Waals surface area contributed by atoms with Crippen molar-refractivity contribution in [3.8, 4) is 0 Å². The van der Waals surface area contributed by atoms with Crippen LogP contribution in [0.4, 0.5) is 5.69 Å². The molecule has 0 radical (unpaired) electrons. The van der Waals surface area contributed by atoms with Gasteiger partial charge in [0.25, 0.3) is 11.8 Å². The van der Waals surface area contributed by atoms with Crippen molar-refractivity contribution in [3.05, 3.63) is 100 Å². The molecule has 1 saturated carbocycles. The summed E-state index contributed by atoms with van der Waals surface area (Å²) in [6.45, 7) is 1.47. The van der Waals surface area contributed by atoms with Crippen LogP contribution in [-0.2, 0) is 13.0 Å². The van der Waals surface area contributed by atoms with Gasteiger partial charge in [-0.1, -0.05) is 66.9 Å². The Hall–Kier alpha value is -3.19. The number of carbonyl (C=O) groups is 2.